The van der Waals surface area contributed by atoms with Gasteiger partial charge in [-0.2, -0.15) is 0 Å². The van der Waals surface area contributed by atoms with E-state index in [0.717, 1.165) is 18.8 Å². The molecule has 0 amide bonds. The van der Waals surface area contributed by atoms with E-state index < -0.39 is 6.10 Å². The van der Waals surface area contributed by atoms with Gasteiger partial charge in [0.15, 0.2) is 0 Å². The van der Waals surface area contributed by atoms with E-state index >= 15 is 0 Å². The number of nitrogens with zero attached hydrogens (tertiary/aromatic N) is 1. The largest absolute Gasteiger partial charge is 1.00 e. The molecule has 1 N–H and O–H groups in total. The maximum Gasteiger partial charge on any atom is 0.119 e. The fourth-order valence-corrected chi connectivity index (χ4v) is 2.78. The van der Waals surface area contributed by atoms with Crippen molar-refractivity contribution in [1.82, 2.24) is 4.90 Å². The first-order chi connectivity index (χ1) is 9.94. The van der Waals surface area contributed by atoms with Crippen molar-refractivity contribution >= 4 is 0 Å². The van der Waals surface area contributed by atoms with Crippen molar-refractivity contribution in [3.63, 3.8) is 0 Å². The molecule has 0 aliphatic carbocycles. The van der Waals surface area contributed by atoms with E-state index in [9.17, 15) is 5.11 Å². The van der Waals surface area contributed by atoms with Crippen molar-refractivity contribution in [3.05, 3.63) is 29.3 Å². The Hall–Kier alpha value is -0.810. The van der Waals surface area contributed by atoms with E-state index in [1.54, 1.807) is 0 Å². The number of rotatable bonds is 5. The maximum absolute atomic E-state index is 10.2. The number of β-amino-alcohol motifs (C(OH)–C–C–N with tert-alkyl or cyclic N) is 1. The first kappa shape index (κ1) is 19.2. The van der Waals surface area contributed by atoms with Gasteiger partial charge in [0.1, 0.15) is 18.5 Å². The van der Waals surface area contributed by atoms with Crippen molar-refractivity contribution in [2.45, 2.75) is 46.0 Å². The number of aliphatic hydroxyl groups is 1. The number of halogens is 1. The highest BCUT2D eigenvalue weighted by molar-refractivity contribution is 5.33. The van der Waals surface area contributed by atoms with Crippen LogP contribution in [0.2, 0.25) is 0 Å². The van der Waals surface area contributed by atoms with E-state index in [0.29, 0.717) is 13.2 Å². The highest BCUT2D eigenvalue weighted by Gasteiger charge is 2.23. The van der Waals surface area contributed by atoms with Crippen LogP contribution in [0.5, 0.6) is 5.75 Å². The summed E-state index contributed by atoms with van der Waals surface area (Å²) in [6.07, 6.45) is -0.0349. The smallest absolute Gasteiger partial charge is 0.119 e. The van der Waals surface area contributed by atoms with Crippen molar-refractivity contribution in [3.8, 4) is 5.75 Å². The average molecular weight is 329 g/mol. The average Bonchev–Trinajstić information content (AvgIpc) is 2.39. The van der Waals surface area contributed by atoms with Gasteiger partial charge in [-0.15, -0.1) is 0 Å². The van der Waals surface area contributed by atoms with Crippen LogP contribution in [-0.2, 0) is 4.74 Å². The van der Waals surface area contributed by atoms with Crippen molar-refractivity contribution < 1.29 is 27.0 Å². The van der Waals surface area contributed by atoms with Gasteiger partial charge in [0.2, 0.25) is 0 Å². The van der Waals surface area contributed by atoms with Crippen molar-refractivity contribution in [2.75, 3.05) is 26.2 Å². The number of ether oxygens (including phenoxy) is 2. The Bertz CT molecular complexity index is 459. The monoisotopic (exact) mass is 328 g/mol. The van der Waals surface area contributed by atoms with E-state index in [-0.39, 0.29) is 24.6 Å². The predicted molar refractivity (Wildman–Crippen MR) is 83.9 cm³/mol. The molecule has 3 unspecified atom stereocenters. The van der Waals surface area contributed by atoms with Gasteiger partial charge in [0, 0.05) is 19.6 Å². The van der Waals surface area contributed by atoms with Gasteiger partial charge in [-0.25, -0.2) is 0 Å². The summed E-state index contributed by atoms with van der Waals surface area (Å²) in [5.41, 5.74) is 2.46. The Labute approximate surface area is 139 Å². The fourth-order valence-electron chi connectivity index (χ4n) is 2.78. The van der Waals surface area contributed by atoms with Gasteiger partial charge in [0.25, 0.3) is 0 Å². The molecule has 3 atom stereocenters. The molecule has 0 spiro atoms. The Morgan fingerprint density at radius 1 is 1.23 bits per heavy atom. The summed E-state index contributed by atoms with van der Waals surface area (Å²) in [5, 5.41) is 10.2. The molecule has 0 radical (unpaired) electrons. The second-order valence-corrected chi connectivity index (χ2v) is 6.19. The van der Waals surface area contributed by atoms with Crippen molar-refractivity contribution in [2.24, 2.45) is 0 Å². The molecule has 0 bridgehead atoms. The van der Waals surface area contributed by atoms with Gasteiger partial charge >= 0.3 is 0 Å². The molecule has 1 aliphatic heterocycles. The Morgan fingerprint density at radius 3 is 2.45 bits per heavy atom. The first-order valence-electron chi connectivity index (χ1n) is 7.70. The van der Waals surface area contributed by atoms with Crippen LogP contribution in [0.4, 0.5) is 0 Å². The summed E-state index contributed by atoms with van der Waals surface area (Å²) < 4.78 is 11.4. The molecule has 126 valence electrons. The first-order valence-corrected chi connectivity index (χ1v) is 7.70. The van der Waals surface area contributed by atoms with Crippen LogP contribution in [0.15, 0.2) is 18.2 Å². The van der Waals surface area contributed by atoms with E-state index in [1.165, 1.54) is 11.1 Å². The number of hydrogen-bond acceptors (Lipinski definition) is 4. The summed E-state index contributed by atoms with van der Waals surface area (Å²) in [5.74, 6) is 0.820. The highest BCUT2D eigenvalue weighted by atomic mass is 35.5. The van der Waals surface area contributed by atoms with Gasteiger partial charge in [0.05, 0.1) is 12.2 Å². The molecule has 0 aromatic heterocycles. The van der Waals surface area contributed by atoms with Crippen LogP contribution in [0.3, 0.4) is 0 Å². The molecule has 22 heavy (non-hydrogen) atoms. The minimum Gasteiger partial charge on any atom is -1.00 e. The van der Waals surface area contributed by atoms with Crippen LogP contribution in [0.1, 0.15) is 25.0 Å². The highest BCUT2D eigenvalue weighted by Crippen LogP contribution is 2.17. The fraction of sp³-hybridized carbons (Fsp3) is 0.647. The number of benzene rings is 1. The zero-order chi connectivity index (χ0) is 15.4. The van der Waals surface area contributed by atoms with Gasteiger partial charge in [-0.1, -0.05) is 6.07 Å². The maximum atomic E-state index is 10.2. The molecule has 4 nitrogen and oxygen atoms in total. The predicted octanol–water partition coefficient (Wildman–Crippen LogP) is -0.844. The second kappa shape index (κ2) is 8.73. The lowest BCUT2D eigenvalue weighted by atomic mass is 10.1. The minimum absolute atomic E-state index is 0. The number of aryl methyl sites for hydroxylation is 2. The number of aliphatic hydroxyl groups excluding tert-OH is 1. The molecular weight excluding hydrogens is 302 g/mol. The Kier molecular flexibility index (Phi) is 7.63. The normalized spacial score (nSPS) is 23.7. The number of morpholine rings is 1. The Balaban J connectivity index is 0.00000242. The lowest BCUT2D eigenvalue weighted by Gasteiger charge is -2.36. The summed E-state index contributed by atoms with van der Waals surface area (Å²) in [6, 6.07) is 6.01. The third-order valence-electron chi connectivity index (χ3n) is 3.88. The third-order valence-corrected chi connectivity index (χ3v) is 3.88. The van der Waals surface area contributed by atoms with Crippen LogP contribution in [0, 0.1) is 13.8 Å². The van der Waals surface area contributed by atoms with Gasteiger partial charge in [-0.05, 0) is 51.0 Å². The topological polar surface area (TPSA) is 41.9 Å². The molecule has 1 saturated heterocycles. The summed E-state index contributed by atoms with van der Waals surface area (Å²) >= 11 is 0. The minimum atomic E-state index is -0.482. The molecule has 5 heteroatoms. The molecule has 1 fully saturated rings. The molecule has 1 aromatic carbocycles. The van der Waals surface area contributed by atoms with Gasteiger partial charge < -0.3 is 27.0 Å². The summed E-state index contributed by atoms with van der Waals surface area (Å²) in [7, 11) is 0. The molecule has 2 rings (SSSR count). The van der Waals surface area contributed by atoms with Crippen LogP contribution in [0.25, 0.3) is 0 Å². The molecule has 0 saturated carbocycles. The zero-order valence-corrected chi connectivity index (χ0v) is 14.6. The van der Waals surface area contributed by atoms with Crippen molar-refractivity contribution in [1.29, 1.82) is 0 Å². The Morgan fingerprint density at radius 2 is 1.86 bits per heavy atom. The molecular formula is C17H27ClNO3-. The van der Waals surface area contributed by atoms with Gasteiger partial charge in [-0.3, -0.25) is 4.90 Å². The number of hydrogen-bond donors (Lipinski definition) is 1. The van der Waals surface area contributed by atoms with E-state index in [4.69, 9.17) is 9.47 Å². The standard InChI is InChI=1S/C17H27NO3.ClH/c1-12-5-6-17(7-13(12)2)20-11-16(19)10-18-8-14(3)21-15(4)9-18;/h5-7,14-16,19H,8-11H2,1-4H3;1H/p-1. The van der Waals surface area contributed by atoms with E-state index in [1.807, 2.05) is 18.2 Å². The SMILES string of the molecule is Cc1ccc(OCC(O)CN2CC(C)OC(C)C2)cc1C.[Cl-]. The van der Waals surface area contributed by atoms with Crippen LogP contribution in [-0.4, -0.2) is 54.6 Å². The van der Waals surface area contributed by atoms with E-state index in [2.05, 4.69) is 32.6 Å². The van der Waals surface area contributed by atoms with Crippen LogP contribution >= 0.6 is 0 Å². The zero-order valence-electron chi connectivity index (χ0n) is 13.9. The second-order valence-electron chi connectivity index (χ2n) is 6.19. The lowest BCUT2D eigenvalue weighted by molar-refractivity contribution is -0.0786. The molecule has 1 heterocycles. The lowest BCUT2D eigenvalue weighted by Crippen LogP contribution is -3.00. The summed E-state index contributed by atoms with van der Waals surface area (Å²) in [6.45, 7) is 11.0. The quantitative estimate of drug-likeness (QED) is 0.765. The molecule has 1 aromatic rings. The summed E-state index contributed by atoms with van der Waals surface area (Å²) in [4.78, 5) is 2.24. The molecule has 1 aliphatic rings. The third kappa shape index (κ3) is 5.76. The van der Waals surface area contributed by atoms with Crippen LogP contribution < -0.4 is 17.1 Å².